The molecule has 0 unspecified atom stereocenters. The van der Waals surface area contributed by atoms with Crippen molar-refractivity contribution in [3.05, 3.63) is 27.7 Å². The number of anilines is 1. The van der Waals surface area contributed by atoms with Crippen LogP contribution in [0.4, 0.5) is 5.69 Å². The fourth-order valence-corrected chi connectivity index (χ4v) is 3.31. The molecule has 1 N–H and O–H groups in total. The van der Waals surface area contributed by atoms with Gasteiger partial charge in [-0.05, 0) is 42.5 Å². The Labute approximate surface area is 108 Å². The summed E-state index contributed by atoms with van der Waals surface area (Å²) >= 11 is 11.6. The van der Waals surface area contributed by atoms with E-state index in [9.17, 15) is 0 Å². The van der Waals surface area contributed by atoms with E-state index >= 15 is 0 Å². The van der Waals surface area contributed by atoms with Gasteiger partial charge >= 0.3 is 0 Å². The standard InChI is InChI=1S/C11H13BrClNS/c12-8-1-2-10(13)11(7-8)14-9-3-5-15-6-4-9/h1-2,7,9,14H,3-6H2. The Hall–Kier alpha value is 0.140. The number of thioether (sulfide) groups is 1. The molecule has 0 aliphatic carbocycles. The van der Waals surface area contributed by atoms with Crippen LogP contribution in [0.2, 0.25) is 5.02 Å². The Morgan fingerprint density at radius 3 is 2.80 bits per heavy atom. The van der Waals surface area contributed by atoms with E-state index in [-0.39, 0.29) is 0 Å². The number of rotatable bonds is 2. The van der Waals surface area contributed by atoms with Crippen molar-refractivity contribution in [1.29, 1.82) is 0 Å². The molecule has 0 spiro atoms. The fourth-order valence-electron chi connectivity index (χ4n) is 1.67. The van der Waals surface area contributed by atoms with Crippen LogP contribution in [0, 0.1) is 0 Å². The zero-order valence-electron chi connectivity index (χ0n) is 8.30. The summed E-state index contributed by atoms with van der Waals surface area (Å²) in [6.45, 7) is 0. The summed E-state index contributed by atoms with van der Waals surface area (Å²) in [7, 11) is 0. The molecule has 4 heteroatoms. The van der Waals surface area contributed by atoms with Gasteiger partial charge in [0.2, 0.25) is 0 Å². The summed E-state index contributed by atoms with van der Waals surface area (Å²) in [5.74, 6) is 2.51. The van der Waals surface area contributed by atoms with Gasteiger partial charge in [-0.15, -0.1) is 0 Å². The van der Waals surface area contributed by atoms with Crippen LogP contribution in [0.3, 0.4) is 0 Å². The number of hydrogen-bond donors (Lipinski definition) is 1. The summed E-state index contributed by atoms with van der Waals surface area (Å²) in [4.78, 5) is 0. The van der Waals surface area contributed by atoms with Crippen molar-refractivity contribution >= 4 is 45.0 Å². The maximum atomic E-state index is 6.13. The Morgan fingerprint density at radius 1 is 1.33 bits per heavy atom. The molecule has 1 nitrogen and oxygen atoms in total. The summed E-state index contributed by atoms with van der Waals surface area (Å²) in [5.41, 5.74) is 1.04. The molecule has 1 aliphatic rings. The van der Waals surface area contributed by atoms with Crippen LogP contribution in [0.15, 0.2) is 22.7 Å². The van der Waals surface area contributed by atoms with Gasteiger partial charge in [-0.25, -0.2) is 0 Å². The lowest BCUT2D eigenvalue weighted by Gasteiger charge is -2.24. The van der Waals surface area contributed by atoms with Crippen LogP contribution in [0.25, 0.3) is 0 Å². The lowest BCUT2D eigenvalue weighted by atomic mass is 10.1. The predicted molar refractivity (Wildman–Crippen MR) is 73.1 cm³/mol. The van der Waals surface area contributed by atoms with E-state index < -0.39 is 0 Å². The average Bonchev–Trinajstić information content (AvgIpc) is 2.25. The summed E-state index contributed by atoms with van der Waals surface area (Å²) < 4.78 is 1.07. The molecule has 1 fully saturated rings. The molecule has 0 amide bonds. The number of benzene rings is 1. The van der Waals surface area contributed by atoms with Gasteiger partial charge in [0.25, 0.3) is 0 Å². The highest BCUT2D eigenvalue weighted by atomic mass is 79.9. The third-order valence-corrected chi connectivity index (χ3v) is 4.38. The molecule has 0 radical (unpaired) electrons. The second kappa shape index (κ2) is 5.46. The van der Waals surface area contributed by atoms with Crippen molar-refractivity contribution in [3.63, 3.8) is 0 Å². The van der Waals surface area contributed by atoms with E-state index in [2.05, 4.69) is 21.2 Å². The zero-order valence-corrected chi connectivity index (χ0v) is 11.5. The maximum Gasteiger partial charge on any atom is 0.0638 e. The molecule has 0 saturated carbocycles. The highest BCUT2D eigenvalue weighted by molar-refractivity contribution is 9.10. The van der Waals surface area contributed by atoms with Gasteiger partial charge in [0, 0.05) is 10.5 Å². The molecule has 0 bridgehead atoms. The van der Waals surface area contributed by atoms with Crippen LogP contribution in [0.1, 0.15) is 12.8 Å². The molecule has 1 aromatic rings. The smallest absolute Gasteiger partial charge is 0.0638 e. The van der Waals surface area contributed by atoms with Crippen LogP contribution in [-0.2, 0) is 0 Å². The maximum absolute atomic E-state index is 6.13. The van der Waals surface area contributed by atoms with Crippen LogP contribution in [0.5, 0.6) is 0 Å². The monoisotopic (exact) mass is 305 g/mol. The first-order chi connectivity index (χ1) is 7.25. The van der Waals surface area contributed by atoms with Crippen molar-refractivity contribution in [2.45, 2.75) is 18.9 Å². The molecule has 15 heavy (non-hydrogen) atoms. The van der Waals surface area contributed by atoms with E-state index in [1.807, 2.05) is 30.0 Å². The van der Waals surface area contributed by atoms with Gasteiger partial charge in [0.05, 0.1) is 10.7 Å². The van der Waals surface area contributed by atoms with Crippen molar-refractivity contribution in [3.8, 4) is 0 Å². The van der Waals surface area contributed by atoms with E-state index in [1.54, 1.807) is 0 Å². The van der Waals surface area contributed by atoms with Crippen molar-refractivity contribution in [2.24, 2.45) is 0 Å². The summed E-state index contributed by atoms with van der Waals surface area (Å²) in [6, 6.07) is 6.51. The van der Waals surface area contributed by atoms with Gasteiger partial charge < -0.3 is 5.32 Å². The van der Waals surface area contributed by atoms with Crippen molar-refractivity contribution in [2.75, 3.05) is 16.8 Å². The molecule has 1 aliphatic heterocycles. The second-order valence-corrected chi connectivity index (χ2v) is 6.20. The van der Waals surface area contributed by atoms with Gasteiger partial charge in [0.15, 0.2) is 0 Å². The molecule has 1 aromatic carbocycles. The predicted octanol–water partition coefficient (Wildman–Crippen LogP) is 4.41. The van der Waals surface area contributed by atoms with Gasteiger partial charge in [-0.1, -0.05) is 27.5 Å². The van der Waals surface area contributed by atoms with Gasteiger partial charge in [0.1, 0.15) is 0 Å². The Bertz CT molecular complexity index is 339. The fraction of sp³-hybridized carbons (Fsp3) is 0.455. The van der Waals surface area contributed by atoms with E-state index in [4.69, 9.17) is 11.6 Å². The van der Waals surface area contributed by atoms with Crippen molar-refractivity contribution < 1.29 is 0 Å². The molecule has 2 rings (SSSR count). The van der Waals surface area contributed by atoms with Crippen LogP contribution in [-0.4, -0.2) is 17.5 Å². The summed E-state index contributed by atoms with van der Waals surface area (Å²) in [6.07, 6.45) is 2.46. The topological polar surface area (TPSA) is 12.0 Å². The van der Waals surface area contributed by atoms with E-state index in [1.165, 1.54) is 24.3 Å². The third kappa shape index (κ3) is 3.30. The minimum absolute atomic E-state index is 0.582. The third-order valence-electron chi connectivity index (χ3n) is 2.51. The van der Waals surface area contributed by atoms with Gasteiger partial charge in [-0.3, -0.25) is 0 Å². The lowest BCUT2D eigenvalue weighted by Crippen LogP contribution is -2.24. The van der Waals surface area contributed by atoms with Crippen molar-refractivity contribution in [1.82, 2.24) is 0 Å². The summed E-state index contributed by atoms with van der Waals surface area (Å²) in [5, 5.41) is 4.32. The largest absolute Gasteiger partial charge is 0.381 e. The Morgan fingerprint density at radius 2 is 2.07 bits per heavy atom. The molecule has 0 aromatic heterocycles. The first-order valence-corrected chi connectivity index (χ1v) is 7.37. The number of halogens is 2. The lowest BCUT2D eigenvalue weighted by molar-refractivity contribution is 0.667. The number of hydrogen-bond acceptors (Lipinski definition) is 2. The normalized spacial score (nSPS) is 17.7. The molecule has 0 atom stereocenters. The van der Waals surface area contributed by atoms with Crippen LogP contribution < -0.4 is 5.32 Å². The average molecular weight is 307 g/mol. The van der Waals surface area contributed by atoms with E-state index in [0.29, 0.717) is 6.04 Å². The minimum atomic E-state index is 0.582. The molecular formula is C11H13BrClNS. The SMILES string of the molecule is Clc1ccc(Br)cc1NC1CCSCC1. The minimum Gasteiger partial charge on any atom is -0.381 e. The molecule has 1 heterocycles. The zero-order chi connectivity index (χ0) is 10.7. The first kappa shape index (κ1) is 11.6. The second-order valence-electron chi connectivity index (χ2n) is 3.66. The Balaban J connectivity index is 2.05. The number of nitrogens with one attached hydrogen (secondary N) is 1. The van der Waals surface area contributed by atoms with E-state index in [0.717, 1.165) is 15.2 Å². The molecular weight excluding hydrogens is 294 g/mol. The molecule has 82 valence electrons. The Kier molecular flexibility index (Phi) is 4.23. The molecule has 1 saturated heterocycles. The van der Waals surface area contributed by atoms with Crippen LogP contribution >= 0.6 is 39.3 Å². The first-order valence-electron chi connectivity index (χ1n) is 5.05. The van der Waals surface area contributed by atoms with Gasteiger partial charge in [-0.2, -0.15) is 11.8 Å². The highest BCUT2D eigenvalue weighted by Gasteiger charge is 2.14. The highest BCUT2D eigenvalue weighted by Crippen LogP contribution is 2.28. The quantitative estimate of drug-likeness (QED) is 0.868.